The average molecular weight is 229 g/mol. The van der Waals surface area contributed by atoms with E-state index in [0.29, 0.717) is 12.5 Å². The summed E-state index contributed by atoms with van der Waals surface area (Å²) in [6.45, 7) is 3.83. The van der Waals surface area contributed by atoms with Gasteiger partial charge in [0.25, 0.3) is 0 Å². The van der Waals surface area contributed by atoms with Gasteiger partial charge in [0.15, 0.2) is 0 Å². The fourth-order valence-corrected chi connectivity index (χ4v) is 2.30. The third kappa shape index (κ3) is 4.08. The molecule has 2 N–H and O–H groups in total. The van der Waals surface area contributed by atoms with Gasteiger partial charge < -0.3 is 20.2 Å². The van der Waals surface area contributed by atoms with Crippen LogP contribution in [0.1, 0.15) is 6.42 Å². The topological polar surface area (TPSA) is 55.8 Å². The fourth-order valence-electron chi connectivity index (χ4n) is 2.30. The van der Waals surface area contributed by atoms with Crippen LogP contribution in [0.25, 0.3) is 0 Å². The molecule has 0 bridgehead atoms. The van der Waals surface area contributed by atoms with E-state index >= 15 is 0 Å². The van der Waals surface area contributed by atoms with Crippen molar-refractivity contribution in [2.24, 2.45) is 5.92 Å². The van der Waals surface area contributed by atoms with Crippen LogP contribution in [0.4, 0.5) is 0 Å². The molecular formula is C11H23N3O2. The summed E-state index contributed by atoms with van der Waals surface area (Å²) in [6.07, 6.45) is 1.22. The lowest BCUT2D eigenvalue weighted by Crippen LogP contribution is -2.44. The van der Waals surface area contributed by atoms with Crippen LogP contribution in [0.15, 0.2) is 0 Å². The highest BCUT2D eigenvalue weighted by atomic mass is 16.4. The molecule has 1 aliphatic rings. The minimum atomic E-state index is -0.780. The Morgan fingerprint density at radius 2 is 2.38 bits per heavy atom. The van der Waals surface area contributed by atoms with Gasteiger partial charge in [-0.05, 0) is 40.0 Å². The van der Waals surface area contributed by atoms with Crippen molar-refractivity contribution in [1.29, 1.82) is 0 Å². The summed E-state index contributed by atoms with van der Waals surface area (Å²) in [4.78, 5) is 15.3. The van der Waals surface area contributed by atoms with E-state index in [1.807, 2.05) is 7.05 Å². The van der Waals surface area contributed by atoms with Gasteiger partial charge in [-0.2, -0.15) is 0 Å². The van der Waals surface area contributed by atoms with Gasteiger partial charge in [0, 0.05) is 19.6 Å². The predicted molar refractivity (Wildman–Crippen MR) is 63.6 cm³/mol. The first-order chi connectivity index (χ1) is 7.52. The predicted octanol–water partition coefficient (Wildman–Crippen LogP) is -0.457. The van der Waals surface area contributed by atoms with Gasteiger partial charge >= 0.3 is 5.97 Å². The van der Waals surface area contributed by atoms with E-state index in [9.17, 15) is 4.79 Å². The summed E-state index contributed by atoms with van der Waals surface area (Å²) in [5, 5.41) is 11.7. The molecule has 1 fully saturated rings. The average Bonchev–Trinajstić information content (AvgIpc) is 2.60. The molecule has 0 saturated carbocycles. The van der Waals surface area contributed by atoms with E-state index < -0.39 is 12.0 Å². The smallest absolute Gasteiger partial charge is 0.322 e. The summed E-state index contributed by atoms with van der Waals surface area (Å²) in [5.74, 6) is -0.0980. The van der Waals surface area contributed by atoms with Crippen molar-refractivity contribution < 1.29 is 9.90 Å². The number of carboxylic acid groups (broad SMARTS) is 1. The quantitative estimate of drug-likeness (QED) is 0.645. The van der Waals surface area contributed by atoms with Crippen molar-refractivity contribution in [1.82, 2.24) is 15.1 Å². The highest BCUT2D eigenvalue weighted by Gasteiger charge is 2.23. The molecule has 1 heterocycles. The van der Waals surface area contributed by atoms with Crippen molar-refractivity contribution in [3.05, 3.63) is 0 Å². The second-order valence-corrected chi connectivity index (χ2v) is 4.82. The van der Waals surface area contributed by atoms with Gasteiger partial charge in [-0.25, -0.2) is 0 Å². The lowest BCUT2D eigenvalue weighted by Gasteiger charge is -2.23. The summed E-state index contributed by atoms with van der Waals surface area (Å²) in [6, 6.07) is -0.468. The van der Waals surface area contributed by atoms with Crippen molar-refractivity contribution >= 4 is 5.97 Å². The molecule has 1 saturated heterocycles. The zero-order chi connectivity index (χ0) is 12.1. The van der Waals surface area contributed by atoms with Gasteiger partial charge in [0.2, 0.25) is 0 Å². The number of rotatable bonds is 6. The maximum absolute atomic E-state index is 10.9. The Labute approximate surface area is 97.4 Å². The van der Waals surface area contributed by atoms with Gasteiger partial charge in [0.1, 0.15) is 6.04 Å². The molecule has 0 aliphatic carbocycles. The number of nitrogens with zero attached hydrogens (tertiary/aromatic N) is 2. The number of hydrogen-bond acceptors (Lipinski definition) is 4. The van der Waals surface area contributed by atoms with Crippen LogP contribution >= 0.6 is 0 Å². The monoisotopic (exact) mass is 229 g/mol. The molecular weight excluding hydrogens is 206 g/mol. The van der Waals surface area contributed by atoms with Crippen LogP contribution in [0.2, 0.25) is 0 Å². The van der Waals surface area contributed by atoms with Gasteiger partial charge in [-0.15, -0.1) is 0 Å². The number of carbonyl (C=O) groups is 1. The van der Waals surface area contributed by atoms with Crippen LogP contribution in [0, 0.1) is 5.92 Å². The molecule has 94 valence electrons. The van der Waals surface area contributed by atoms with E-state index in [0.717, 1.165) is 19.6 Å². The zero-order valence-corrected chi connectivity index (χ0v) is 10.4. The number of aliphatic carboxylic acids is 1. The Bertz CT molecular complexity index is 235. The Morgan fingerprint density at radius 3 is 2.81 bits per heavy atom. The second kappa shape index (κ2) is 6.18. The first-order valence-electron chi connectivity index (χ1n) is 5.80. The van der Waals surface area contributed by atoms with Gasteiger partial charge in [-0.1, -0.05) is 0 Å². The van der Waals surface area contributed by atoms with Crippen molar-refractivity contribution in [3.8, 4) is 0 Å². The molecule has 2 unspecified atom stereocenters. The molecule has 0 radical (unpaired) electrons. The first-order valence-corrected chi connectivity index (χ1v) is 5.80. The summed E-state index contributed by atoms with van der Waals surface area (Å²) >= 11 is 0. The standard InChI is InChI=1S/C11H23N3O2/c1-12-10(11(15)16)8-14(3)7-9-4-5-13(2)6-9/h9-10,12H,4-8H2,1-3H3,(H,15,16). The molecule has 0 aromatic rings. The largest absolute Gasteiger partial charge is 0.480 e. The van der Waals surface area contributed by atoms with Crippen molar-refractivity contribution in [2.75, 3.05) is 47.3 Å². The van der Waals surface area contributed by atoms with E-state index in [1.54, 1.807) is 7.05 Å². The molecule has 0 aromatic carbocycles. The lowest BCUT2D eigenvalue weighted by atomic mass is 10.1. The fraction of sp³-hybridized carbons (Fsp3) is 0.909. The highest BCUT2D eigenvalue weighted by Crippen LogP contribution is 2.15. The Balaban J connectivity index is 2.29. The van der Waals surface area contributed by atoms with Gasteiger partial charge in [-0.3, -0.25) is 4.79 Å². The number of hydrogen-bond donors (Lipinski definition) is 2. The Hall–Kier alpha value is -0.650. The van der Waals surface area contributed by atoms with E-state index in [-0.39, 0.29) is 0 Å². The normalized spacial score (nSPS) is 23.9. The minimum absolute atomic E-state index is 0.468. The molecule has 1 rings (SSSR count). The maximum atomic E-state index is 10.9. The lowest BCUT2D eigenvalue weighted by molar-refractivity contribution is -0.139. The number of likely N-dealkylation sites (tertiary alicyclic amines) is 1. The number of nitrogens with one attached hydrogen (secondary N) is 1. The summed E-state index contributed by atoms with van der Waals surface area (Å²) in [7, 11) is 5.81. The van der Waals surface area contributed by atoms with Crippen molar-refractivity contribution in [2.45, 2.75) is 12.5 Å². The van der Waals surface area contributed by atoms with Crippen LogP contribution in [0.3, 0.4) is 0 Å². The van der Waals surface area contributed by atoms with Crippen LogP contribution in [-0.4, -0.2) is 74.2 Å². The SMILES string of the molecule is CNC(CN(C)CC1CCN(C)C1)C(=O)O. The molecule has 0 amide bonds. The van der Waals surface area contributed by atoms with Crippen molar-refractivity contribution in [3.63, 3.8) is 0 Å². The molecule has 0 aromatic heterocycles. The Kier molecular flexibility index (Phi) is 5.18. The molecule has 2 atom stereocenters. The molecule has 5 nitrogen and oxygen atoms in total. The Morgan fingerprint density at radius 1 is 1.69 bits per heavy atom. The van der Waals surface area contributed by atoms with Gasteiger partial charge in [0.05, 0.1) is 0 Å². The molecule has 1 aliphatic heterocycles. The van der Waals surface area contributed by atoms with Crippen LogP contribution < -0.4 is 5.32 Å². The third-order valence-corrected chi connectivity index (χ3v) is 3.20. The second-order valence-electron chi connectivity index (χ2n) is 4.82. The highest BCUT2D eigenvalue weighted by molar-refractivity contribution is 5.73. The van der Waals surface area contributed by atoms with E-state index in [2.05, 4.69) is 22.2 Å². The van der Waals surface area contributed by atoms with Crippen LogP contribution in [-0.2, 0) is 4.79 Å². The number of likely N-dealkylation sites (N-methyl/N-ethyl adjacent to an activating group) is 2. The minimum Gasteiger partial charge on any atom is -0.480 e. The van der Waals surface area contributed by atoms with Crippen LogP contribution in [0.5, 0.6) is 0 Å². The third-order valence-electron chi connectivity index (χ3n) is 3.20. The maximum Gasteiger partial charge on any atom is 0.322 e. The summed E-state index contributed by atoms with van der Waals surface area (Å²) in [5.41, 5.74) is 0. The van der Waals surface area contributed by atoms with E-state index in [4.69, 9.17) is 5.11 Å². The summed E-state index contributed by atoms with van der Waals surface area (Å²) < 4.78 is 0. The molecule has 16 heavy (non-hydrogen) atoms. The molecule has 5 heteroatoms. The number of carboxylic acids is 1. The zero-order valence-electron chi connectivity index (χ0n) is 10.4. The van der Waals surface area contributed by atoms with E-state index in [1.165, 1.54) is 6.42 Å². The molecule has 0 spiro atoms. The first kappa shape index (κ1) is 13.4.